The Bertz CT molecular complexity index is 3390. The summed E-state index contributed by atoms with van der Waals surface area (Å²) in [7, 11) is 0.215. The molecule has 11 atom stereocenters. The average Bonchev–Trinajstić information content (AvgIpc) is 1.46. The van der Waals surface area contributed by atoms with Gasteiger partial charge in [0.05, 0.1) is 47.5 Å². The van der Waals surface area contributed by atoms with Crippen molar-refractivity contribution >= 4 is 95.4 Å². The first-order valence-corrected chi connectivity index (χ1v) is 39.1. The molecule has 2 aromatic carbocycles. The second-order valence-corrected chi connectivity index (χ2v) is 34.7. The summed E-state index contributed by atoms with van der Waals surface area (Å²) < 4.78 is 24.2. The number of ether oxygens (including phenoxy) is 3. The number of ketones is 2. The monoisotopic (exact) mass is 1420 g/mol. The van der Waals surface area contributed by atoms with Crippen molar-refractivity contribution in [2.24, 2.45) is 27.6 Å². The molecule has 538 valence electrons. The molecule has 0 aromatic heterocycles. The molecular formula is C73H103N11O12S2Si. The standard InChI is InChI=1S/C73H103N11O12S2Si/c1-46-37-56-64(58(85)40-57(66(56)89)81-68(90)47(2)19-16-24-59(93-8)67(96-70(74)92)49(4)39-48(3)65(88)60(38-46)94-9)76-31-18-30-75-62(86)25-17-32-84-63(87)41-61(69(84)91)98-45-53-29-36-83-35-28-52(79-72(83)80-53)44-97-43-51-27-34-82-33-26-50(77-71(82)78-51)42-95-99(73(5,6)7,54-20-12-10-13-21-54)55-22-14-11-15-23-55/h10-16,19-24,39-40,46,48,50-53,59-61,65,67,76,88H,17-18,25-38,41-45H2,1-9H3,(H2,74,92)(H,75,86)(H,77,78)(H,79,80)(H,81,90)/b24-16-,47-19+,49-39+/t46-,48+,50-,51-,52-,53-,59-,60+,61?,65-,67+/m1/s1. The lowest BCUT2D eigenvalue weighted by atomic mass is 9.85. The number of carbonyl (C=O) groups is 7. The van der Waals surface area contributed by atoms with E-state index in [0.29, 0.717) is 36.8 Å². The smallest absolute Gasteiger partial charge is 0.405 e. The highest BCUT2D eigenvalue weighted by Crippen LogP contribution is 2.38. The third-order valence-electron chi connectivity index (χ3n) is 19.6. The van der Waals surface area contributed by atoms with E-state index in [4.69, 9.17) is 34.4 Å². The quantitative estimate of drug-likeness (QED) is 0.0228. The highest BCUT2D eigenvalue weighted by atomic mass is 32.2. The van der Waals surface area contributed by atoms with Gasteiger partial charge in [-0.3, -0.25) is 33.7 Å². The number of methoxy groups -OCH3 is 2. The van der Waals surface area contributed by atoms with Crippen LogP contribution in [-0.2, 0) is 47.4 Å². The Balaban J connectivity index is 0.696. The fourth-order valence-corrected chi connectivity index (χ4v) is 21.2. The summed E-state index contributed by atoms with van der Waals surface area (Å²) >= 11 is 3.46. The van der Waals surface area contributed by atoms with Gasteiger partial charge in [-0.05, 0) is 92.1 Å². The van der Waals surface area contributed by atoms with E-state index in [1.165, 1.54) is 60.3 Å². The van der Waals surface area contributed by atoms with Crippen LogP contribution in [0.4, 0.5) is 4.79 Å². The number of nitrogens with zero attached hydrogens (tertiary/aromatic N) is 5. The maximum absolute atomic E-state index is 14.2. The Morgan fingerprint density at radius 1 is 0.808 bits per heavy atom. The number of allylic oxidation sites excluding steroid dienone is 4. The number of aliphatic hydroxyl groups is 1. The Morgan fingerprint density at radius 3 is 2.08 bits per heavy atom. The summed E-state index contributed by atoms with van der Waals surface area (Å²) in [5, 5.41) is 29.6. The molecule has 0 radical (unpaired) electrons. The molecule has 2 bridgehead atoms. The maximum atomic E-state index is 14.2. The van der Waals surface area contributed by atoms with E-state index in [0.717, 1.165) is 81.4 Å². The van der Waals surface area contributed by atoms with Crippen LogP contribution >= 0.6 is 23.5 Å². The summed E-state index contributed by atoms with van der Waals surface area (Å²) in [5.74, 6) is 1.21. The average molecular weight is 1420 g/mol. The summed E-state index contributed by atoms with van der Waals surface area (Å²) in [6, 6.07) is 22.3. The normalized spacial score (nSPS) is 28.1. The summed E-state index contributed by atoms with van der Waals surface area (Å²) in [6.45, 7) is 18.8. The molecule has 0 spiro atoms. The number of hydrogen-bond acceptors (Lipinski definition) is 21. The van der Waals surface area contributed by atoms with Crippen LogP contribution in [0.25, 0.3) is 0 Å². The summed E-state index contributed by atoms with van der Waals surface area (Å²) in [6.07, 6.45) is 8.01. The molecule has 6 heterocycles. The van der Waals surface area contributed by atoms with Crippen molar-refractivity contribution in [1.82, 2.24) is 41.3 Å². The molecule has 3 fully saturated rings. The van der Waals surface area contributed by atoms with Crippen molar-refractivity contribution in [3.8, 4) is 0 Å². The van der Waals surface area contributed by atoms with Gasteiger partial charge in [-0.1, -0.05) is 120 Å². The number of hydrogen-bond donors (Lipinski definition) is 7. The SMILES string of the molecule is CO[C@H]1C[C@H](C)CC2=C(NCCCNC(=O)CCCN3C(=O)CC(SC[C@H]4CCN5CC[C@H](CSC[C@H]6CCN7CC[C@H](CO[Si](c8ccccc8)(c8ccccc8)C(C)(C)C)N=C7N6)N=C5N4)C3=O)C(=O)C=C(NC(=O)/C(C)=C/C=C\[C@@H](OC)[C@@H](OC(N)=O)/C(C)=C/[C@H](C)[C@H]1O)C2=O. The first-order valence-electron chi connectivity index (χ1n) is 35.0. The molecule has 9 rings (SSSR count). The zero-order valence-corrected chi connectivity index (χ0v) is 61.6. The van der Waals surface area contributed by atoms with E-state index < -0.39 is 67.5 Å². The van der Waals surface area contributed by atoms with Gasteiger partial charge in [0.25, 0.3) is 14.2 Å². The topological polar surface area (TPSA) is 297 Å². The molecule has 1 aliphatic carbocycles. The lowest BCUT2D eigenvalue weighted by Gasteiger charge is -2.44. The Morgan fingerprint density at radius 2 is 1.44 bits per heavy atom. The van der Waals surface area contributed by atoms with E-state index in [1.807, 2.05) is 18.7 Å². The summed E-state index contributed by atoms with van der Waals surface area (Å²) in [5.41, 5.74) is 6.21. The minimum atomic E-state index is -2.68. The van der Waals surface area contributed by atoms with Gasteiger partial charge in [0.1, 0.15) is 6.10 Å². The van der Waals surface area contributed by atoms with Gasteiger partial charge >= 0.3 is 6.09 Å². The van der Waals surface area contributed by atoms with Gasteiger partial charge in [0.2, 0.25) is 29.3 Å². The lowest BCUT2D eigenvalue weighted by molar-refractivity contribution is -0.138. The number of likely N-dealkylation sites (tertiary alicyclic amines) is 1. The highest BCUT2D eigenvalue weighted by Gasteiger charge is 2.51. The predicted molar refractivity (Wildman–Crippen MR) is 391 cm³/mol. The fourth-order valence-electron chi connectivity index (χ4n) is 14.1. The van der Waals surface area contributed by atoms with Crippen LogP contribution in [-0.4, -0.2) is 219 Å². The Labute approximate surface area is 593 Å². The van der Waals surface area contributed by atoms with Gasteiger partial charge in [-0.2, -0.15) is 11.8 Å². The third-order valence-corrected chi connectivity index (χ3v) is 27.3. The first kappa shape index (κ1) is 76.1. The van der Waals surface area contributed by atoms with E-state index in [2.05, 4.69) is 118 Å². The number of primary amides is 1. The number of Topliss-reactive ketones (excluding diaryl/α,β-unsaturated/α-hetero) is 1. The molecule has 6 aliphatic heterocycles. The molecule has 2 aromatic rings. The number of amides is 5. The number of nitrogens with two attached hydrogens (primary N) is 1. The molecule has 8 N–H and O–H groups in total. The second kappa shape index (κ2) is 35.5. The van der Waals surface area contributed by atoms with Gasteiger partial charge in [0, 0.05) is 125 Å². The number of imide groups is 1. The van der Waals surface area contributed by atoms with E-state index >= 15 is 0 Å². The number of fused-ring (bicyclic) bond motifs is 4. The molecule has 5 amide bonds. The van der Waals surface area contributed by atoms with Gasteiger partial charge in [-0.15, -0.1) is 11.8 Å². The van der Waals surface area contributed by atoms with Crippen LogP contribution < -0.4 is 42.7 Å². The molecule has 0 saturated carbocycles. The number of nitrogens with one attached hydrogen (secondary N) is 5. The number of rotatable bonds is 24. The molecule has 99 heavy (non-hydrogen) atoms. The van der Waals surface area contributed by atoms with Crippen LogP contribution in [0.1, 0.15) is 113 Å². The minimum absolute atomic E-state index is 0.0691. The molecular weight excluding hydrogens is 1320 g/mol. The number of carbonyl (C=O) groups excluding carboxylic acids is 7. The maximum Gasteiger partial charge on any atom is 0.405 e. The van der Waals surface area contributed by atoms with E-state index in [1.54, 1.807) is 26.0 Å². The number of aliphatic hydroxyl groups excluding tert-OH is 1. The van der Waals surface area contributed by atoms with E-state index in [9.17, 15) is 38.7 Å². The minimum Gasteiger partial charge on any atom is -0.439 e. The van der Waals surface area contributed by atoms with E-state index in [-0.39, 0.29) is 115 Å². The molecule has 3 saturated heterocycles. The van der Waals surface area contributed by atoms with Crippen molar-refractivity contribution < 1.29 is 57.3 Å². The van der Waals surface area contributed by atoms with Gasteiger partial charge in [-0.25, -0.2) is 14.8 Å². The van der Waals surface area contributed by atoms with Crippen molar-refractivity contribution in [3.63, 3.8) is 0 Å². The zero-order chi connectivity index (χ0) is 71.0. The number of guanidine groups is 2. The summed E-state index contributed by atoms with van der Waals surface area (Å²) in [4.78, 5) is 110. The Hall–Kier alpha value is -7.07. The number of thioether (sulfide) groups is 2. The lowest BCUT2D eigenvalue weighted by Crippen LogP contribution is -2.67. The largest absolute Gasteiger partial charge is 0.439 e. The molecule has 26 heteroatoms. The van der Waals surface area contributed by atoms with Crippen molar-refractivity contribution in [1.29, 1.82) is 0 Å². The highest BCUT2D eigenvalue weighted by molar-refractivity contribution is 8.00. The molecule has 23 nitrogen and oxygen atoms in total. The van der Waals surface area contributed by atoms with Crippen LogP contribution in [0.2, 0.25) is 5.04 Å². The van der Waals surface area contributed by atoms with Crippen LogP contribution in [0, 0.1) is 11.8 Å². The predicted octanol–water partition coefficient (Wildman–Crippen LogP) is 5.39. The first-order chi connectivity index (χ1) is 47.5. The van der Waals surface area contributed by atoms with Gasteiger partial charge in [0.15, 0.2) is 18.0 Å². The van der Waals surface area contributed by atoms with Crippen LogP contribution in [0.3, 0.4) is 0 Å². The van der Waals surface area contributed by atoms with Crippen molar-refractivity contribution in [2.75, 3.05) is 83.9 Å². The van der Waals surface area contributed by atoms with Crippen molar-refractivity contribution in [3.05, 3.63) is 119 Å². The molecule has 1 unspecified atom stereocenters. The zero-order valence-electron chi connectivity index (χ0n) is 58.9. The Kier molecular flexibility index (Phi) is 27.3. The van der Waals surface area contributed by atoms with Crippen LogP contribution in [0.5, 0.6) is 0 Å². The third kappa shape index (κ3) is 19.7. The van der Waals surface area contributed by atoms with Gasteiger partial charge < -0.3 is 65.9 Å². The fraction of sp³-hybridized carbons (Fsp3) is 0.575. The number of benzene rings is 2. The van der Waals surface area contributed by atoms with Crippen LogP contribution in [0.15, 0.2) is 129 Å². The van der Waals surface area contributed by atoms with Crippen molar-refractivity contribution in [2.45, 2.75) is 172 Å². The molecule has 7 aliphatic rings. The second-order valence-electron chi connectivity index (χ2n) is 28.1. The number of aliphatic imine (C=N–C) groups is 2.